The number of aromatic nitrogens is 3. The lowest BCUT2D eigenvalue weighted by Gasteiger charge is -2.18. The molecule has 1 aromatic heterocycles. The van der Waals surface area contributed by atoms with Crippen molar-refractivity contribution in [3.05, 3.63) is 46.5 Å². The van der Waals surface area contributed by atoms with Gasteiger partial charge in [0, 0.05) is 23.5 Å². The van der Waals surface area contributed by atoms with E-state index >= 15 is 0 Å². The van der Waals surface area contributed by atoms with E-state index < -0.39 is 0 Å². The van der Waals surface area contributed by atoms with Crippen molar-refractivity contribution in [1.29, 1.82) is 0 Å². The zero-order valence-corrected chi connectivity index (χ0v) is 14.3. The minimum atomic E-state index is 0.369. The summed E-state index contributed by atoms with van der Waals surface area (Å²) < 4.78 is 3.19. The number of nitrogens with zero attached hydrogens (tertiary/aromatic N) is 3. The fourth-order valence-corrected chi connectivity index (χ4v) is 2.95. The predicted octanol–water partition coefficient (Wildman–Crippen LogP) is 3.21. The first-order valence-corrected chi connectivity index (χ1v) is 8.37. The minimum absolute atomic E-state index is 0.369. The Kier molecular flexibility index (Phi) is 6.39. The fraction of sp³-hybridized carbons (Fsp3) is 0.500. The maximum absolute atomic E-state index is 4.42. The fourth-order valence-electron chi connectivity index (χ4n) is 2.50. The number of hydrogen-bond donors (Lipinski definition) is 1. The van der Waals surface area contributed by atoms with Crippen molar-refractivity contribution < 1.29 is 0 Å². The van der Waals surface area contributed by atoms with Gasteiger partial charge in [0.25, 0.3) is 0 Å². The smallest absolute Gasteiger partial charge is 0.138 e. The van der Waals surface area contributed by atoms with Crippen LogP contribution in [-0.2, 0) is 19.4 Å². The highest BCUT2D eigenvalue weighted by Gasteiger charge is 2.14. The van der Waals surface area contributed by atoms with Crippen LogP contribution < -0.4 is 5.32 Å². The summed E-state index contributed by atoms with van der Waals surface area (Å²) in [4.78, 5) is 4.42. The average molecular weight is 351 g/mol. The molecule has 0 spiro atoms. The molecule has 0 radical (unpaired) electrons. The summed E-state index contributed by atoms with van der Waals surface area (Å²) in [7, 11) is 0. The highest BCUT2D eigenvalue weighted by atomic mass is 79.9. The van der Waals surface area contributed by atoms with Crippen LogP contribution in [0.5, 0.6) is 0 Å². The van der Waals surface area contributed by atoms with Crippen molar-refractivity contribution in [2.75, 3.05) is 6.54 Å². The molecule has 0 aliphatic rings. The van der Waals surface area contributed by atoms with Crippen LogP contribution in [0.4, 0.5) is 0 Å². The van der Waals surface area contributed by atoms with Gasteiger partial charge in [-0.3, -0.25) is 4.68 Å². The van der Waals surface area contributed by atoms with Crippen LogP contribution in [0.1, 0.15) is 31.7 Å². The number of hydrogen-bond acceptors (Lipinski definition) is 3. The number of rotatable bonds is 8. The molecular formula is C16H23BrN4. The van der Waals surface area contributed by atoms with E-state index in [1.165, 1.54) is 10.0 Å². The summed E-state index contributed by atoms with van der Waals surface area (Å²) in [6.45, 7) is 6.19. The van der Waals surface area contributed by atoms with Crippen LogP contribution in [0.25, 0.3) is 0 Å². The Morgan fingerprint density at radius 1 is 1.24 bits per heavy atom. The Hall–Kier alpha value is -1.20. The van der Waals surface area contributed by atoms with Crippen molar-refractivity contribution in [1.82, 2.24) is 20.1 Å². The second-order valence-electron chi connectivity index (χ2n) is 5.15. The van der Waals surface area contributed by atoms with Gasteiger partial charge in [-0.15, -0.1) is 0 Å². The van der Waals surface area contributed by atoms with Gasteiger partial charge in [-0.2, -0.15) is 5.10 Å². The first kappa shape index (κ1) is 16.2. The van der Waals surface area contributed by atoms with E-state index in [0.29, 0.717) is 6.04 Å². The number of likely N-dealkylation sites (N-methyl/N-ethyl adjacent to an activating group) is 1. The lowest BCUT2D eigenvalue weighted by atomic mass is 10.0. The predicted molar refractivity (Wildman–Crippen MR) is 89.3 cm³/mol. The molecule has 4 nitrogen and oxygen atoms in total. The first-order chi connectivity index (χ1) is 10.2. The molecule has 1 unspecified atom stereocenters. The van der Waals surface area contributed by atoms with Crippen LogP contribution in [0.2, 0.25) is 0 Å². The van der Waals surface area contributed by atoms with Gasteiger partial charge in [-0.05, 0) is 31.0 Å². The number of nitrogens with one attached hydrogen (secondary N) is 1. The van der Waals surface area contributed by atoms with Crippen LogP contribution in [-0.4, -0.2) is 27.4 Å². The van der Waals surface area contributed by atoms with E-state index in [0.717, 1.165) is 38.2 Å². The second-order valence-corrected chi connectivity index (χ2v) is 6.01. The Bertz CT molecular complexity index is 553. The molecule has 2 aromatic rings. The zero-order chi connectivity index (χ0) is 15.1. The first-order valence-electron chi connectivity index (χ1n) is 7.58. The summed E-state index contributed by atoms with van der Waals surface area (Å²) in [5.74, 6) is 1.06. The van der Waals surface area contributed by atoms with Gasteiger partial charge >= 0.3 is 0 Å². The number of halogens is 1. The SMILES string of the molecule is CCCn1ncnc1CC(Cc1ccccc1Br)NCC. The van der Waals surface area contributed by atoms with E-state index in [9.17, 15) is 0 Å². The van der Waals surface area contributed by atoms with Crippen molar-refractivity contribution in [3.8, 4) is 0 Å². The van der Waals surface area contributed by atoms with Crippen molar-refractivity contribution >= 4 is 15.9 Å². The van der Waals surface area contributed by atoms with Crippen LogP contribution in [0.3, 0.4) is 0 Å². The van der Waals surface area contributed by atoms with E-state index in [-0.39, 0.29) is 0 Å². The highest BCUT2D eigenvalue weighted by molar-refractivity contribution is 9.10. The van der Waals surface area contributed by atoms with Gasteiger partial charge in [0.1, 0.15) is 12.2 Å². The molecule has 1 atom stereocenters. The maximum atomic E-state index is 4.42. The van der Waals surface area contributed by atoms with Gasteiger partial charge in [0.15, 0.2) is 0 Å². The Balaban J connectivity index is 2.08. The van der Waals surface area contributed by atoms with Gasteiger partial charge in [0.2, 0.25) is 0 Å². The molecule has 2 rings (SSSR count). The quantitative estimate of drug-likeness (QED) is 0.794. The minimum Gasteiger partial charge on any atom is -0.313 e. The molecule has 0 bridgehead atoms. The molecule has 0 aliphatic carbocycles. The largest absolute Gasteiger partial charge is 0.313 e. The zero-order valence-electron chi connectivity index (χ0n) is 12.7. The van der Waals surface area contributed by atoms with E-state index in [2.05, 4.69) is 63.4 Å². The van der Waals surface area contributed by atoms with Gasteiger partial charge in [0.05, 0.1) is 0 Å². The lowest BCUT2D eigenvalue weighted by Crippen LogP contribution is -2.34. The summed E-state index contributed by atoms with van der Waals surface area (Å²) in [6.07, 6.45) is 4.61. The molecule has 1 aromatic carbocycles. The lowest BCUT2D eigenvalue weighted by molar-refractivity contribution is 0.481. The summed E-state index contributed by atoms with van der Waals surface area (Å²) in [6, 6.07) is 8.77. The van der Waals surface area contributed by atoms with E-state index in [1.807, 2.05) is 10.7 Å². The Labute approximate surface area is 135 Å². The van der Waals surface area contributed by atoms with Crippen molar-refractivity contribution in [2.45, 2.75) is 45.7 Å². The van der Waals surface area contributed by atoms with Crippen molar-refractivity contribution in [2.24, 2.45) is 0 Å². The third-order valence-electron chi connectivity index (χ3n) is 3.48. The molecule has 21 heavy (non-hydrogen) atoms. The van der Waals surface area contributed by atoms with E-state index in [4.69, 9.17) is 0 Å². The number of benzene rings is 1. The molecule has 0 aliphatic heterocycles. The summed E-state index contributed by atoms with van der Waals surface area (Å²) >= 11 is 3.63. The van der Waals surface area contributed by atoms with Gasteiger partial charge < -0.3 is 5.32 Å². The third kappa shape index (κ3) is 4.64. The highest BCUT2D eigenvalue weighted by Crippen LogP contribution is 2.18. The molecule has 0 saturated carbocycles. The standard InChI is InChI=1S/C16H23BrN4/c1-3-9-21-16(19-12-20-21)11-14(18-4-2)10-13-7-5-6-8-15(13)17/h5-8,12,14,18H,3-4,9-11H2,1-2H3. The van der Waals surface area contributed by atoms with Gasteiger partial charge in [-0.1, -0.05) is 48.0 Å². The monoisotopic (exact) mass is 350 g/mol. The molecule has 1 N–H and O–H groups in total. The molecule has 0 amide bonds. The molecule has 0 fully saturated rings. The van der Waals surface area contributed by atoms with Gasteiger partial charge in [-0.25, -0.2) is 4.98 Å². The second kappa shape index (κ2) is 8.29. The van der Waals surface area contributed by atoms with Crippen LogP contribution in [0, 0.1) is 0 Å². The normalized spacial score (nSPS) is 12.5. The Morgan fingerprint density at radius 2 is 2.05 bits per heavy atom. The van der Waals surface area contributed by atoms with Crippen molar-refractivity contribution in [3.63, 3.8) is 0 Å². The topological polar surface area (TPSA) is 42.7 Å². The molecule has 1 heterocycles. The molecule has 114 valence electrons. The number of aryl methyl sites for hydroxylation is 1. The molecule has 5 heteroatoms. The van der Waals surface area contributed by atoms with E-state index in [1.54, 1.807) is 6.33 Å². The molecular weight excluding hydrogens is 328 g/mol. The Morgan fingerprint density at radius 3 is 2.76 bits per heavy atom. The third-order valence-corrected chi connectivity index (χ3v) is 4.25. The van der Waals surface area contributed by atoms with Crippen LogP contribution in [0.15, 0.2) is 35.1 Å². The van der Waals surface area contributed by atoms with Crippen LogP contribution >= 0.6 is 15.9 Å². The maximum Gasteiger partial charge on any atom is 0.138 e. The average Bonchev–Trinajstić information content (AvgIpc) is 2.89. The summed E-state index contributed by atoms with van der Waals surface area (Å²) in [5, 5.41) is 7.88. The molecule has 0 saturated heterocycles. The summed E-state index contributed by atoms with van der Waals surface area (Å²) in [5.41, 5.74) is 1.32.